The highest BCUT2D eigenvalue weighted by molar-refractivity contribution is 5.88. The molecule has 0 radical (unpaired) electrons. The minimum absolute atomic E-state index is 0.338. The van der Waals surface area contributed by atoms with Crippen LogP contribution < -0.4 is 5.32 Å². The first-order valence-electron chi connectivity index (χ1n) is 4.58. The Kier molecular flexibility index (Phi) is 2.25. The van der Waals surface area contributed by atoms with Crippen LogP contribution in [0, 0.1) is 0 Å². The van der Waals surface area contributed by atoms with E-state index in [1.807, 2.05) is 4.57 Å². The van der Waals surface area contributed by atoms with E-state index in [0.29, 0.717) is 18.3 Å². The van der Waals surface area contributed by atoms with Gasteiger partial charge < -0.3 is 14.6 Å². The van der Waals surface area contributed by atoms with Gasteiger partial charge in [-0.25, -0.2) is 9.78 Å². The van der Waals surface area contributed by atoms with Gasteiger partial charge in [-0.2, -0.15) is 0 Å². The Bertz CT molecular complexity index is 359. The van der Waals surface area contributed by atoms with Gasteiger partial charge in [-0.15, -0.1) is 0 Å². The van der Waals surface area contributed by atoms with E-state index in [0.717, 1.165) is 12.2 Å². The molecule has 1 atom stereocenters. The number of nitrogens with zero attached hydrogens (tertiary/aromatic N) is 2. The number of carbonyl (C=O) groups is 1. The molecule has 0 saturated carbocycles. The van der Waals surface area contributed by atoms with Crippen LogP contribution in [0.2, 0.25) is 0 Å². The summed E-state index contributed by atoms with van der Waals surface area (Å²) in [6.07, 6.45) is 1.70. The zero-order valence-electron chi connectivity index (χ0n) is 8.28. The first-order chi connectivity index (χ1) is 6.74. The van der Waals surface area contributed by atoms with Crippen LogP contribution in [0.25, 0.3) is 0 Å². The summed E-state index contributed by atoms with van der Waals surface area (Å²) in [5.74, 6) is -0.366. The number of ether oxygens (including phenoxy) is 1. The van der Waals surface area contributed by atoms with E-state index in [1.165, 1.54) is 7.11 Å². The highest BCUT2D eigenvalue weighted by Gasteiger charge is 2.23. The van der Waals surface area contributed by atoms with Gasteiger partial charge in [0.25, 0.3) is 0 Å². The molecule has 0 saturated heterocycles. The summed E-state index contributed by atoms with van der Waals surface area (Å²) in [6, 6.07) is 0.338. The summed E-state index contributed by atoms with van der Waals surface area (Å²) in [7, 11) is 1.37. The van der Waals surface area contributed by atoms with Crippen molar-refractivity contribution in [2.24, 2.45) is 0 Å². The fourth-order valence-corrected chi connectivity index (χ4v) is 1.71. The molecule has 0 unspecified atom stereocenters. The Morgan fingerprint density at radius 2 is 2.57 bits per heavy atom. The predicted octanol–water partition coefficient (Wildman–Crippen LogP) is 0.334. The predicted molar refractivity (Wildman–Crippen MR) is 50.0 cm³/mol. The summed E-state index contributed by atoms with van der Waals surface area (Å²) in [6.45, 7) is 3.66. The second-order valence-electron chi connectivity index (χ2n) is 3.42. The molecular weight excluding hydrogens is 182 g/mol. The van der Waals surface area contributed by atoms with Gasteiger partial charge in [0.2, 0.25) is 0 Å². The number of hydrogen-bond donors (Lipinski definition) is 1. The van der Waals surface area contributed by atoms with Gasteiger partial charge in [-0.05, 0) is 6.92 Å². The van der Waals surface area contributed by atoms with Crippen LogP contribution in [-0.2, 0) is 11.3 Å². The molecule has 76 valence electrons. The summed E-state index contributed by atoms with van der Waals surface area (Å²) < 4.78 is 6.67. The number of aromatic nitrogens is 2. The zero-order valence-corrected chi connectivity index (χ0v) is 8.28. The quantitative estimate of drug-likeness (QED) is 0.656. The number of fused-ring (bicyclic) bond motifs is 1. The van der Waals surface area contributed by atoms with E-state index >= 15 is 0 Å². The molecule has 0 bridgehead atoms. The number of carbonyl (C=O) groups excluding carboxylic acids is 1. The van der Waals surface area contributed by atoms with Crippen molar-refractivity contribution in [1.29, 1.82) is 0 Å². The standard InChI is InChI=1S/C9H13N3O2/c1-6-3-10-4-7-8(9(13)14-2)11-5-12(6)7/h5-6,10H,3-4H2,1-2H3/t6-/m1/s1. The Balaban J connectivity index is 2.40. The summed E-state index contributed by atoms with van der Waals surface area (Å²) in [5.41, 5.74) is 1.34. The smallest absolute Gasteiger partial charge is 0.358 e. The lowest BCUT2D eigenvalue weighted by Gasteiger charge is -2.23. The number of nitrogens with one attached hydrogen (secondary N) is 1. The molecule has 0 aliphatic carbocycles. The molecule has 2 heterocycles. The van der Waals surface area contributed by atoms with Crippen molar-refractivity contribution < 1.29 is 9.53 Å². The monoisotopic (exact) mass is 195 g/mol. The third kappa shape index (κ3) is 1.29. The highest BCUT2D eigenvalue weighted by atomic mass is 16.5. The van der Waals surface area contributed by atoms with E-state index in [-0.39, 0.29) is 5.97 Å². The number of rotatable bonds is 1. The van der Waals surface area contributed by atoms with Crippen LogP contribution in [0.5, 0.6) is 0 Å². The van der Waals surface area contributed by atoms with Gasteiger partial charge >= 0.3 is 5.97 Å². The third-order valence-electron chi connectivity index (χ3n) is 2.48. The maximum Gasteiger partial charge on any atom is 0.358 e. The molecule has 5 nitrogen and oxygen atoms in total. The van der Waals surface area contributed by atoms with Crippen LogP contribution in [-0.4, -0.2) is 29.2 Å². The minimum atomic E-state index is -0.366. The van der Waals surface area contributed by atoms with E-state index in [1.54, 1.807) is 6.33 Å². The summed E-state index contributed by atoms with van der Waals surface area (Å²) in [4.78, 5) is 15.4. The second-order valence-corrected chi connectivity index (χ2v) is 3.42. The van der Waals surface area contributed by atoms with Crippen LogP contribution >= 0.6 is 0 Å². The van der Waals surface area contributed by atoms with Crippen LogP contribution in [0.1, 0.15) is 29.1 Å². The average molecular weight is 195 g/mol. The van der Waals surface area contributed by atoms with Crippen molar-refractivity contribution in [3.8, 4) is 0 Å². The van der Waals surface area contributed by atoms with E-state index < -0.39 is 0 Å². The van der Waals surface area contributed by atoms with E-state index in [2.05, 4.69) is 22.0 Å². The van der Waals surface area contributed by atoms with Crippen molar-refractivity contribution >= 4 is 5.97 Å². The first kappa shape index (κ1) is 9.21. The number of methoxy groups -OCH3 is 1. The average Bonchev–Trinajstić information content (AvgIpc) is 2.62. The molecule has 0 aromatic carbocycles. The Labute approximate surface area is 82.1 Å². The van der Waals surface area contributed by atoms with Crippen molar-refractivity contribution in [2.45, 2.75) is 19.5 Å². The molecule has 5 heteroatoms. The molecule has 1 aromatic heterocycles. The topological polar surface area (TPSA) is 56.1 Å². The maximum absolute atomic E-state index is 11.3. The number of imidazole rings is 1. The van der Waals surface area contributed by atoms with Crippen molar-refractivity contribution in [2.75, 3.05) is 13.7 Å². The zero-order chi connectivity index (χ0) is 10.1. The molecule has 1 aromatic rings. The molecule has 1 aliphatic heterocycles. The lowest BCUT2D eigenvalue weighted by Crippen LogP contribution is -2.31. The molecule has 14 heavy (non-hydrogen) atoms. The van der Waals surface area contributed by atoms with E-state index in [9.17, 15) is 4.79 Å². The van der Waals surface area contributed by atoms with Crippen molar-refractivity contribution in [3.63, 3.8) is 0 Å². The Morgan fingerprint density at radius 3 is 3.29 bits per heavy atom. The molecule has 0 amide bonds. The largest absolute Gasteiger partial charge is 0.464 e. The summed E-state index contributed by atoms with van der Waals surface area (Å²) >= 11 is 0. The van der Waals surface area contributed by atoms with Gasteiger partial charge in [0.05, 0.1) is 19.1 Å². The molecular formula is C9H13N3O2. The SMILES string of the molecule is COC(=O)c1ncn2c1CNC[C@H]2C. The van der Waals surface area contributed by atoms with Gasteiger partial charge in [0.15, 0.2) is 5.69 Å². The van der Waals surface area contributed by atoms with Gasteiger partial charge in [-0.3, -0.25) is 0 Å². The fraction of sp³-hybridized carbons (Fsp3) is 0.556. The van der Waals surface area contributed by atoms with Crippen LogP contribution in [0.3, 0.4) is 0 Å². The first-order valence-corrected chi connectivity index (χ1v) is 4.58. The van der Waals surface area contributed by atoms with Gasteiger partial charge in [-0.1, -0.05) is 0 Å². The van der Waals surface area contributed by atoms with Crippen molar-refractivity contribution in [3.05, 3.63) is 17.7 Å². The van der Waals surface area contributed by atoms with Crippen molar-refractivity contribution in [1.82, 2.24) is 14.9 Å². The lowest BCUT2D eigenvalue weighted by molar-refractivity contribution is 0.0592. The fourth-order valence-electron chi connectivity index (χ4n) is 1.71. The van der Waals surface area contributed by atoms with Crippen LogP contribution in [0.15, 0.2) is 6.33 Å². The molecule has 1 aliphatic rings. The minimum Gasteiger partial charge on any atom is -0.464 e. The Hall–Kier alpha value is -1.36. The van der Waals surface area contributed by atoms with Gasteiger partial charge in [0, 0.05) is 19.1 Å². The normalized spacial score (nSPS) is 20.3. The van der Waals surface area contributed by atoms with Gasteiger partial charge in [0.1, 0.15) is 0 Å². The molecule has 0 fully saturated rings. The van der Waals surface area contributed by atoms with Crippen LogP contribution in [0.4, 0.5) is 0 Å². The highest BCUT2D eigenvalue weighted by Crippen LogP contribution is 2.18. The Morgan fingerprint density at radius 1 is 1.79 bits per heavy atom. The maximum atomic E-state index is 11.3. The molecule has 2 rings (SSSR count). The third-order valence-corrected chi connectivity index (χ3v) is 2.48. The lowest BCUT2D eigenvalue weighted by atomic mass is 10.2. The second kappa shape index (κ2) is 3.42. The van der Waals surface area contributed by atoms with E-state index in [4.69, 9.17) is 0 Å². The summed E-state index contributed by atoms with van der Waals surface area (Å²) in [5, 5.41) is 3.23. The number of esters is 1. The molecule has 0 spiro atoms. The number of hydrogen-bond acceptors (Lipinski definition) is 4. The molecule has 1 N–H and O–H groups in total.